The van der Waals surface area contributed by atoms with Gasteiger partial charge in [0, 0.05) is 6.42 Å². The van der Waals surface area contributed by atoms with Gasteiger partial charge in [-0.05, 0) is 38.5 Å². The third kappa shape index (κ3) is 12.6. The van der Waals surface area contributed by atoms with Crippen LogP contribution in [0.2, 0.25) is 0 Å². The van der Waals surface area contributed by atoms with Crippen molar-refractivity contribution in [1.82, 2.24) is 0 Å². The van der Waals surface area contributed by atoms with Gasteiger partial charge in [-0.15, -0.1) is 0 Å². The largest absolute Gasteiger partial charge is 0.433 e. The standard InChI is InChI=1S/C21H34O4/c1-2-3-4-5-6-7-8-9-10-11-12-13-14-15-16-17-20(23)25-21-19(18-22)24-21/h3-4,6-7,9-10,19,21-22H,2,5,8,11-18H2,1H3/b4-3-,7-6-,10-9-. The Morgan fingerprint density at radius 3 is 2.28 bits per heavy atom. The molecule has 4 heteroatoms. The average molecular weight is 350 g/mol. The molecule has 25 heavy (non-hydrogen) atoms. The topological polar surface area (TPSA) is 59.1 Å². The number of ether oxygens (including phenoxy) is 2. The Bertz CT molecular complexity index is 426. The van der Waals surface area contributed by atoms with Crippen molar-refractivity contribution in [1.29, 1.82) is 0 Å². The summed E-state index contributed by atoms with van der Waals surface area (Å²) < 4.78 is 10.0. The minimum absolute atomic E-state index is 0.0843. The van der Waals surface area contributed by atoms with Crippen molar-refractivity contribution in [2.45, 2.75) is 83.5 Å². The van der Waals surface area contributed by atoms with Crippen LogP contribution in [0, 0.1) is 0 Å². The number of aliphatic hydroxyl groups excluding tert-OH is 1. The minimum atomic E-state index is -0.507. The number of esters is 1. The quantitative estimate of drug-likeness (QED) is 0.199. The van der Waals surface area contributed by atoms with Crippen LogP contribution in [0.5, 0.6) is 0 Å². The summed E-state index contributed by atoms with van der Waals surface area (Å²) in [6.45, 7) is 2.06. The van der Waals surface area contributed by atoms with Gasteiger partial charge in [0.2, 0.25) is 6.29 Å². The van der Waals surface area contributed by atoms with E-state index >= 15 is 0 Å². The van der Waals surface area contributed by atoms with Crippen LogP contribution in [0.3, 0.4) is 0 Å². The lowest BCUT2D eigenvalue weighted by Gasteiger charge is -2.02. The Morgan fingerprint density at radius 2 is 1.60 bits per heavy atom. The van der Waals surface area contributed by atoms with Crippen LogP contribution in [0.1, 0.15) is 71.1 Å². The fourth-order valence-electron chi connectivity index (χ4n) is 2.44. The summed E-state index contributed by atoms with van der Waals surface area (Å²) in [7, 11) is 0. The molecule has 0 bridgehead atoms. The molecular weight excluding hydrogens is 316 g/mol. The van der Waals surface area contributed by atoms with Crippen LogP contribution in [0.4, 0.5) is 0 Å². The third-order valence-electron chi connectivity index (χ3n) is 4.00. The molecule has 0 aliphatic carbocycles. The maximum Gasteiger partial charge on any atom is 0.308 e. The number of unbranched alkanes of at least 4 members (excludes halogenated alkanes) is 5. The first kappa shape index (κ1) is 21.7. The lowest BCUT2D eigenvalue weighted by Crippen LogP contribution is -2.10. The molecule has 0 spiro atoms. The van der Waals surface area contributed by atoms with E-state index in [1.807, 2.05) is 0 Å². The maximum atomic E-state index is 11.5. The Morgan fingerprint density at radius 1 is 0.960 bits per heavy atom. The Hall–Kier alpha value is -1.39. The summed E-state index contributed by atoms with van der Waals surface area (Å²) in [5.74, 6) is -0.220. The number of carbonyl (C=O) groups is 1. The molecule has 142 valence electrons. The zero-order valence-electron chi connectivity index (χ0n) is 15.6. The zero-order chi connectivity index (χ0) is 18.2. The summed E-state index contributed by atoms with van der Waals surface area (Å²) in [5.41, 5.74) is 0. The van der Waals surface area contributed by atoms with Crippen LogP contribution < -0.4 is 0 Å². The number of epoxide rings is 1. The number of aliphatic hydroxyl groups is 1. The molecule has 1 heterocycles. The third-order valence-corrected chi connectivity index (χ3v) is 4.00. The molecule has 1 saturated heterocycles. The normalized spacial score (nSPS) is 20.1. The van der Waals surface area contributed by atoms with Crippen LogP contribution >= 0.6 is 0 Å². The molecule has 0 amide bonds. The Labute approximate surface area is 152 Å². The first-order valence-electron chi connectivity index (χ1n) is 9.68. The second-order valence-electron chi connectivity index (χ2n) is 6.32. The smallest absolute Gasteiger partial charge is 0.308 e. The van der Waals surface area contributed by atoms with E-state index < -0.39 is 6.29 Å². The van der Waals surface area contributed by atoms with E-state index in [0.717, 1.165) is 44.9 Å². The summed E-state index contributed by atoms with van der Waals surface area (Å²) in [6.07, 6.45) is 22.7. The van der Waals surface area contributed by atoms with Gasteiger partial charge in [0.25, 0.3) is 0 Å². The maximum absolute atomic E-state index is 11.5. The Balaban J connectivity index is 1.81. The SMILES string of the molecule is CC/C=C\C/C=C\C/C=C\CCCCCCCC(=O)OC1OC1CO. The van der Waals surface area contributed by atoms with E-state index in [9.17, 15) is 4.79 Å². The van der Waals surface area contributed by atoms with Crippen molar-refractivity contribution in [2.24, 2.45) is 0 Å². The lowest BCUT2D eigenvalue weighted by atomic mass is 10.1. The van der Waals surface area contributed by atoms with E-state index in [2.05, 4.69) is 43.4 Å². The van der Waals surface area contributed by atoms with Gasteiger partial charge in [0.05, 0.1) is 6.61 Å². The second kappa shape index (κ2) is 14.9. The molecule has 0 aromatic rings. The molecule has 4 nitrogen and oxygen atoms in total. The molecule has 1 aliphatic rings. The van der Waals surface area contributed by atoms with Gasteiger partial charge < -0.3 is 14.6 Å². The van der Waals surface area contributed by atoms with Crippen molar-refractivity contribution >= 4 is 5.97 Å². The molecule has 0 radical (unpaired) electrons. The van der Waals surface area contributed by atoms with Crippen LogP contribution in [0.25, 0.3) is 0 Å². The lowest BCUT2D eigenvalue weighted by molar-refractivity contribution is -0.148. The molecule has 2 atom stereocenters. The van der Waals surface area contributed by atoms with E-state index in [0.29, 0.717) is 6.42 Å². The monoisotopic (exact) mass is 350 g/mol. The molecule has 1 rings (SSSR count). The predicted molar refractivity (Wildman–Crippen MR) is 101 cm³/mol. The van der Waals surface area contributed by atoms with Gasteiger partial charge >= 0.3 is 5.97 Å². The highest BCUT2D eigenvalue weighted by atomic mass is 16.8. The highest BCUT2D eigenvalue weighted by molar-refractivity contribution is 5.69. The zero-order valence-corrected chi connectivity index (χ0v) is 15.6. The van der Waals surface area contributed by atoms with Crippen LogP contribution in [-0.4, -0.2) is 30.1 Å². The number of hydrogen-bond acceptors (Lipinski definition) is 4. The van der Waals surface area contributed by atoms with Gasteiger partial charge in [-0.2, -0.15) is 0 Å². The molecule has 1 aliphatic heterocycles. The first-order chi connectivity index (χ1) is 12.3. The van der Waals surface area contributed by atoms with Crippen LogP contribution in [0.15, 0.2) is 36.5 Å². The van der Waals surface area contributed by atoms with Gasteiger partial charge in [0.15, 0.2) is 0 Å². The molecular formula is C21H34O4. The summed E-state index contributed by atoms with van der Waals surface area (Å²) >= 11 is 0. The minimum Gasteiger partial charge on any atom is -0.433 e. The number of hydrogen-bond donors (Lipinski definition) is 1. The average Bonchev–Trinajstić information content (AvgIpc) is 3.36. The molecule has 1 N–H and O–H groups in total. The van der Waals surface area contributed by atoms with Gasteiger partial charge in [0.1, 0.15) is 6.10 Å². The van der Waals surface area contributed by atoms with Gasteiger partial charge in [-0.1, -0.05) is 62.6 Å². The van der Waals surface area contributed by atoms with Crippen molar-refractivity contribution in [3.63, 3.8) is 0 Å². The van der Waals surface area contributed by atoms with Gasteiger partial charge in [-0.25, -0.2) is 0 Å². The highest BCUT2D eigenvalue weighted by Crippen LogP contribution is 2.23. The molecule has 2 unspecified atom stereocenters. The predicted octanol–water partition coefficient (Wildman–Crippen LogP) is 4.84. The molecule has 1 fully saturated rings. The van der Waals surface area contributed by atoms with Gasteiger partial charge in [-0.3, -0.25) is 4.79 Å². The Kier molecular flexibility index (Phi) is 12.9. The highest BCUT2D eigenvalue weighted by Gasteiger charge is 2.41. The number of rotatable bonds is 15. The first-order valence-corrected chi connectivity index (χ1v) is 9.68. The van der Waals surface area contributed by atoms with Crippen molar-refractivity contribution < 1.29 is 19.4 Å². The summed E-state index contributed by atoms with van der Waals surface area (Å²) in [5, 5.41) is 8.78. The molecule has 0 saturated carbocycles. The van der Waals surface area contributed by atoms with E-state index in [-0.39, 0.29) is 18.7 Å². The van der Waals surface area contributed by atoms with E-state index in [1.54, 1.807) is 0 Å². The fraction of sp³-hybridized carbons (Fsp3) is 0.667. The molecule has 0 aromatic heterocycles. The summed E-state index contributed by atoms with van der Waals surface area (Å²) in [4.78, 5) is 11.5. The fourth-order valence-corrected chi connectivity index (χ4v) is 2.44. The van der Waals surface area contributed by atoms with E-state index in [1.165, 1.54) is 12.8 Å². The number of allylic oxidation sites excluding steroid dienone is 6. The van der Waals surface area contributed by atoms with Crippen LogP contribution in [-0.2, 0) is 14.3 Å². The van der Waals surface area contributed by atoms with Crippen molar-refractivity contribution in [3.8, 4) is 0 Å². The van der Waals surface area contributed by atoms with Crippen molar-refractivity contribution in [3.05, 3.63) is 36.5 Å². The van der Waals surface area contributed by atoms with E-state index in [4.69, 9.17) is 14.6 Å². The summed E-state index contributed by atoms with van der Waals surface area (Å²) in [6, 6.07) is 0. The number of carbonyl (C=O) groups excluding carboxylic acids is 1. The van der Waals surface area contributed by atoms with Crippen molar-refractivity contribution in [2.75, 3.05) is 6.61 Å². The second-order valence-corrected chi connectivity index (χ2v) is 6.32. The molecule has 0 aromatic carbocycles.